The van der Waals surface area contributed by atoms with Crippen molar-refractivity contribution in [3.05, 3.63) is 93.4 Å². The van der Waals surface area contributed by atoms with Crippen molar-refractivity contribution < 1.29 is 27.4 Å². The number of ether oxygens (including phenoxy) is 2. The van der Waals surface area contributed by atoms with Crippen LogP contribution in [-0.4, -0.2) is 68.8 Å². The van der Waals surface area contributed by atoms with Crippen molar-refractivity contribution >= 4 is 64.0 Å². The summed E-state index contributed by atoms with van der Waals surface area (Å²) in [6.07, 6.45) is 6.29. The Labute approximate surface area is 284 Å². The highest BCUT2D eigenvalue weighted by molar-refractivity contribution is 6.40. The molecule has 2 heterocycles. The molecule has 0 aliphatic heterocycles. The number of aromatic nitrogens is 4. The minimum absolute atomic E-state index is 0.00249. The van der Waals surface area contributed by atoms with E-state index in [4.69, 9.17) is 55.9 Å². The number of carbonyl (C=O) groups is 1. The molecule has 0 fully saturated rings. The summed E-state index contributed by atoms with van der Waals surface area (Å²) in [6, 6.07) is 6.44. The zero-order valence-corrected chi connectivity index (χ0v) is 27.9. The predicted molar refractivity (Wildman–Crippen MR) is 174 cm³/mol. The Morgan fingerprint density at radius 2 is 1.54 bits per heavy atom. The second-order valence-electron chi connectivity index (χ2n) is 9.50. The first kappa shape index (κ1) is 37.2. The van der Waals surface area contributed by atoms with Crippen LogP contribution in [0.5, 0.6) is 5.75 Å². The molecule has 0 saturated carbocycles. The number of hydrogen-bond donors (Lipinski definition) is 0. The van der Waals surface area contributed by atoms with E-state index in [0.717, 1.165) is 18.9 Å². The molecule has 9 nitrogen and oxygen atoms in total. The van der Waals surface area contributed by atoms with Gasteiger partial charge in [-0.05, 0) is 43.2 Å². The first-order chi connectivity index (χ1) is 21.9. The van der Waals surface area contributed by atoms with Gasteiger partial charge in [-0.2, -0.15) is 13.2 Å². The van der Waals surface area contributed by atoms with Crippen molar-refractivity contribution in [1.29, 1.82) is 0 Å². The zero-order chi connectivity index (χ0) is 33.7. The Bertz CT molecular complexity index is 1550. The first-order valence-electron chi connectivity index (χ1n) is 14.0. The van der Waals surface area contributed by atoms with Gasteiger partial charge in [0, 0.05) is 48.0 Å². The number of alkyl halides is 3. The van der Waals surface area contributed by atoms with Gasteiger partial charge in [0.2, 0.25) is 0 Å². The highest BCUT2D eigenvalue weighted by Crippen LogP contribution is 2.38. The number of aliphatic imine (C=N–C) groups is 1. The third-order valence-electron chi connectivity index (χ3n) is 5.96. The van der Waals surface area contributed by atoms with E-state index in [1.807, 2.05) is 13.8 Å². The maximum atomic E-state index is 13.1. The van der Waals surface area contributed by atoms with E-state index >= 15 is 0 Å². The quantitative estimate of drug-likeness (QED) is 0.0876. The Balaban J connectivity index is 0.000000250. The Hall–Kier alpha value is -3.29. The standard InChI is InChI=1S/C15H16Cl3N3O2.C15H15ClF3N3O/c1-2-4-20(15(22)21-5-3-19-10-21)6-7-23-14-12(17)8-11(16)9-13(14)18;1-2-7-23-9-14(22-6-5-20-10-22)21-13-4-3-11(16)8-12(13)15(17,18)19/h3,5,8-10H,2,4,6-7H2,1H3;3-6,8,10H,2,7,9H2,1H3. The summed E-state index contributed by atoms with van der Waals surface area (Å²) in [5.41, 5.74) is -1.11. The molecule has 0 aliphatic carbocycles. The number of hydrogen-bond acceptors (Lipinski definition) is 6. The van der Waals surface area contributed by atoms with Crippen molar-refractivity contribution in [3.8, 4) is 5.75 Å². The molecular formula is C30H31Cl4F3N6O3. The molecule has 0 N–H and O–H groups in total. The largest absolute Gasteiger partial charge is 0.489 e. The summed E-state index contributed by atoms with van der Waals surface area (Å²) in [5, 5.41) is 1.12. The first-order valence-corrected chi connectivity index (χ1v) is 15.5. The molecule has 0 bridgehead atoms. The number of benzene rings is 2. The number of nitrogens with zero attached hydrogens (tertiary/aromatic N) is 6. The molecule has 4 rings (SSSR count). The number of imidazole rings is 2. The van der Waals surface area contributed by atoms with Crippen LogP contribution in [0, 0.1) is 0 Å². The monoisotopic (exact) mass is 720 g/mol. The molecule has 248 valence electrons. The summed E-state index contributed by atoms with van der Waals surface area (Å²) < 4.78 is 53.4. The van der Waals surface area contributed by atoms with Gasteiger partial charge in [0.1, 0.15) is 31.7 Å². The summed E-state index contributed by atoms with van der Waals surface area (Å²) >= 11 is 23.7. The van der Waals surface area contributed by atoms with Crippen LogP contribution in [-0.2, 0) is 10.9 Å². The van der Waals surface area contributed by atoms with Gasteiger partial charge in [-0.25, -0.2) is 19.8 Å². The van der Waals surface area contributed by atoms with Crippen LogP contribution in [0.4, 0.5) is 23.7 Å². The minimum atomic E-state index is -4.55. The predicted octanol–water partition coefficient (Wildman–Crippen LogP) is 9.16. The lowest BCUT2D eigenvalue weighted by molar-refractivity contribution is -0.137. The molecule has 0 spiro atoms. The molecule has 1 amide bonds. The van der Waals surface area contributed by atoms with E-state index in [1.165, 1.54) is 40.1 Å². The Morgan fingerprint density at radius 1 is 0.891 bits per heavy atom. The lowest BCUT2D eigenvalue weighted by Gasteiger charge is -2.22. The summed E-state index contributed by atoms with van der Waals surface area (Å²) in [7, 11) is 0. The average Bonchev–Trinajstić information content (AvgIpc) is 3.73. The molecule has 2 aromatic heterocycles. The molecule has 4 aromatic rings. The lowest BCUT2D eigenvalue weighted by Crippen LogP contribution is -2.37. The van der Waals surface area contributed by atoms with Crippen LogP contribution < -0.4 is 4.74 Å². The highest BCUT2D eigenvalue weighted by Gasteiger charge is 2.34. The SMILES string of the molecule is CCCN(CCOc1c(Cl)cc(Cl)cc1Cl)C(=O)n1ccnc1.CCCOCC(=Nc1ccc(Cl)cc1C(F)(F)F)n1ccnc1. The van der Waals surface area contributed by atoms with Gasteiger partial charge in [-0.15, -0.1) is 0 Å². The van der Waals surface area contributed by atoms with Gasteiger partial charge in [0.15, 0.2) is 5.75 Å². The van der Waals surface area contributed by atoms with E-state index in [2.05, 4.69) is 15.0 Å². The lowest BCUT2D eigenvalue weighted by atomic mass is 10.1. The third-order valence-corrected chi connectivity index (χ3v) is 6.97. The second-order valence-corrected chi connectivity index (χ2v) is 11.2. The molecule has 0 saturated heterocycles. The van der Waals surface area contributed by atoms with E-state index in [0.29, 0.717) is 46.3 Å². The molecule has 16 heteroatoms. The van der Waals surface area contributed by atoms with E-state index < -0.39 is 11.7 Å². The molecule has 2 aromatic carbocycles. The van der Waals surface area contributed by atoms with E-state index in [-0.39, 0.29) is 30.0 Å². The summed E-state index contributed by atoms with van der Waals surface area (Å²) in [5.74, 6) is 0.674. The van der Waals surface area contributed by atoms with Crippen molar-refractivity contribution in [2.45, 2.75) is 32.9 Å². The van der Waals surface area contributed by atoms with Gasteiger partial charge < -0.3 is 14.4 Å². The smallest absolute Gasteiger partial charge is 0.418 e. The van der Waals surface area contributed by atoms with Crippen molar-refractivity contribution in [2.75, 3.05) is 32.9 Å². The van der Waals surface area contributed by atoms with Gasteiger partial charge in [-0.1, -0.05) is 60.3 Å². The molecule has 0 unspecified atom stereocenters. The highest BCUT2D eigenvalue weighted by atomic mass is 35.5. The van der Waals surface area contributed by atoms with E-state index in [9.17, 15) is 18.0 Å². The topological polar surface area (TPSA) is 86.8 Å². The second kappa shape index (κ2) is 18.2. The van der Waals surface area contributed by atoms with Crippen molar-refractivity contribution in [1.82, 2.24) is 24.0 Å². The van der Waals surface area contributed by atoms with E-state index in [1.54, 1.807) is 35.6 Å². The fourth-order valence-corrected chi connectivity index (χ4v) is 4.99. The Morgan fingerprint density at radius 3 is 2.11 bits per heavy atom. The van der Waals surface area contributed by atoms with Crippen LogP contribution in [0.2, 0.25) is 20.1 Å². The molecule has 0 atom stereocenters. The minimum Gasteiger partial charge on any atom is -0.489 e. The molecule has 46 heavy (non-hydrogen) atoms. The van der Waals surface area contributed by atoms with Crippen molar-refractivity contribution in [3.63, 3.8) is 0 Å². The maximum Gasteiger partial charge on any atom is 0.418 e. The van der Waals surface area contributed by atoms with Crippen molar-refractivity contribution in [2.24, 2.45) is 4.99 Å². The molecule has 0 aliphatic rings. The van der Waals surface area contributed by atoms with Crippen LogP contribution >= 0.6 is 46.4 Å². The maximum absolute atomic E-state index is 13.1. The van der Waals surface area contributed by atoms with Gasteiger partial charge in [0.05, 0.1) is 27.8 Å². The third kappa shape index (κ3) is 11.2. The molecular weight excluding hydrogens is 691 g/mol. The summed E-state index contributed by atoms with van der Waals surface area (Å²) in [4.78, 5) is 25.9. The van der Waals surface area contributed by atoms with Crippen LogP contribution in [0.3, 0.4) is 0 Å². The van der Waals surface area contributed by atoms with Gasteiger partial charge >= 0.3 is 12.2 Å². The Kier molecular flexibility index (Phi) is 14.7. The normalized spacial score (nSPS) is 11.6. The average molecular weight is 722 g/mol. The van der Waals surface area contributed by atoms with Crippen LogP contribution in [0.25, 0.3) is 0 Å². The zero-order valence-electron chi connectivity index (χ0n) is 24.9. The fourth-order valence-electron chi connectivity index (χ4n) is 3.89. The summed E-state index contributed by atoms with van der Waals surface area (Å²) in [6.45, 7) is 5.78. The number of rotatable bonds is 11. The number of amides is 1. The number of carbonyl (C=O) groups excluding carboxylic acids is 1. The van der Waals surface area contributed by atoms with Gasteiger partial charge in [0.25, 0.3) is 0 Å². The van der Waals surface area contributed by atoms with Crippen LogP contribution in [0.1, 0.15) is 32.3 Å². The number of halogens is 7. The van der Waals surface area contributed by atoms with Gasteiger partial charge in [-0.3, -0.25) is 9.13 Å². The fraction of sp³-hybridized carbons (Fsp3) is 0.333. The molecule has 0 radical (unpaired) electrons. The van der Waals surface area contributed by atoms with Crippen LogP contribution in [0.15, 0.2) is 72.8 Å².